The van der Waals surface area contributed by atoms with E-state index in [4.69, 9.17) is 0 Å². The number of hydrogen-bond acceptors (Lipinski definition) is 4. The van der Waals surface area contributed by atoms with Crippen LogP contribution in [0.1, 0.15) is 6.42 Å². The molecule has 1 N–H and O–H groups in total. The fraction of sp³-hybridized carbons (Fsp3) is 0.500. The Hall–Kier alpha value is -1.85. The molecular weight excluding hydrogens is 208 g/mol. The summed E-state index contributed by atoms with van der Waals surface area (Å²) in [6.45, 7) is 1.83. The van der Waals surface area contributed by atoms with Gasteiger partial charge in [0.15, 0.2) is 0 Å². The molecule has 0 unspecified atom stereocenters. The Morgan fingerprint density at radius 3 is 2.94 bits per heavy atom. The Bertz CT molecular complexity index is 442. The van der Waals surface area contributed by atoms with Crippen molar-refractivity contribution in [2.75, 3.05) is 31.6 Å². The van der Waals surface area contributed by atoms with Crippen molar-refractivity contribution in [2.45, 2.75) is 6.42 Å². The van der Waals surface area contributed by atoms with Crippen molar-refractivity contribution in [3.63, 3.8) is 0 Å². The molecule has 0 aliphatic carbocycles. The van der Waals surface area contributed by atoms with E-state index in [2.05, 4.69) is 10.2 Å². The summed E-state index contributed by atoms with van der Waals surface area (Å²) >= 11 is 0. The van der Waals surface area contributed by atoms with Gasteiger partial charge in [-0.15, -0.1) is 0 Å². The van der Waals surface area contributed by atoms with Gasteiger partial charge in [-0.25, -0.2) is 5.10 Å². The van der Waals surface area contributed by atoms with Gasteiger partial charge in [0, 0.05) is 26.2 Å². The van der Waals surface area contributed by atoms with Gasteiger partial charge < -0.3 is 9.80 Å². The fourth-order valence-corrected chi connectivity index (χ4v) is 1.75. The van der Waals surface area contributed by atoms with Crippen LogP contribution < -0.4 is 10.5 Å². The normalized spacial score (nSPS) is 17.4. The van der Waals surface area contributed by atoms with Crippen LogP contribution in [0, 0.1) is 0 Å². The van der Waals surface area contributed by atoms with E-state index in [1.165, 1.54) is 6.07 Å². The van der Waals surface area contributed by atoms with Gasteiger partial charge in [0.1, 0.15) is 0 Å². The first-order valence-electron chi connectivity index (χ1n) is 5.20. The molecule has 2 heterocycles. The van der Waals surface area contributed by atoms with Crippen LogP contribution in [-0.2, 0) is 4.79 Å². The lowest BCUT2D eigenvalue weighted by Gasteiger charge is -2.20. The number of likely N-dealkylation sites (N-methyl/N-ethyl adjacent to an activating group) is 1. The Morgan fingerprint density at radius 1 is 1.38 bits per heavy atom. The topological polar surface area (TPSA) is 69.3 Å². The van der Waals surface area contributed by atoms with E-state index in [-0.39, 0.29) is 11.5 Å². The molecule has 1 amide bonds. The number of hydrogen-bond donors (Lipinski definition) is 1. The van der Waals surface area contributed by atoms with Gasteiger partial charge in [-0.3, -0.25) is 9.59 Å². The lowest BCUT2D eigenvalue weighted by Crippen LogP contribution is -2.34. The third-order valence-corrected chi connectivity index (χ3v) is 2.69. The summed E-state index contributed by atoms with van der Waals surface area (Å²) in [6.07, 6.45) is 2.47. The number of aromatic amines is 1. The van der Waals surface area contributed by atoms with Gasteiger partial charge in [-0.1, -0.05) is 0 Å². The summed E-state index contributed by atoms with van der Waals surface area (Å²) in [5.74, 6) is 0.0674. The molecule has 1 aromatic heterocycles. The highest BCUT2D eigenvalue weighted by Gasteiger charge is 2.19. The molecular formula is C10H14N4O2. The molecule has 1 aromatic rings. The fourth-order valence-electron chi connectivity index (χ4n) is 1.75. The maximum absolute atomic E-state index is 11.7. The predicted octanol–water partition coefficient (Wildman–Crippen LogP) is -0.562. The summed E-state index contributed by atoms with van der Waals surface area (Å²) in [7, 11) is 1.79. The highest BCUT2D eigenvalue weighted by molar-refractivity contribution is 5.81. The molecule has 2 rings (SSSR count). The quantitative estimate of drug-likeness (QED) is 0.691. The Kier molecular flexibility index (Phi) is 2.89. The minimum atomic E-state index is -0.248. The van der Waals surface area contributed by atoms with Crippen LogP contribution in [-0.4, -0.2) is 47.7 Å². The maximum atomic E-state index is 11.7. The van der Waals surface area contributed by atoms with Crippen LogP contribution >= 0.6 is 0 Å². The van der Waals surface area contributed by atoms with E-state index in [0.29, 0.717) is 12.2 Å². The summed E-state index contributed by atoms with van der Waals surface area (Å²) < 4.78 is 0. The zero-order valence-corrected chi connectivity index (χ0v) is 9.14. The molecule has 6 heteroatoms. The second-order valence-corrected chi connectivity index (χ2v) is 3.89. The monoisotopic (exact) mass is 222 g/mol. The van der Waals surface area contributed by atoms with Gasteiger partial charge in [-0.2, -0.15) is 5.10 Å². The van der Waals surface area contributed by atoms with Crippen LogP contribution in [0.4, 0.5) is 5.69 Å². The van der Waals surface area contributed by atoms with Gasteiger partial charge in [0.05, 0.1) is 18.4 Å². The first kappa shape index (κ1) is 10.7. The van der Waals surface area contributed by atoms with E-state index in [1.807, 2.05) is 4.90 Å². The Morgan fingerprint density at radius 2 is 2.19 bits per heavy atom. The number of nitrogens with zero attached hydrogens (tertiary/aromatic N) is 3. The molecule has 86 valence electrons. The van der Waals surface area contributed by atoms with Crippen molar-refractivity contribution in [1.29, 1.82) is 0 Å². The van der Waals surface area contributed by atoms with Crippen molar-refractivity contribution in [3.05, 3.63) is 22.6 Å². The molecule has 16 heavy (non-hydrogen) atoms. The van der Waals surface area contributed by atoms with Crippen molar-refractivity contribution >= 4 is 11.6 Å². The van der Waals surface area contributed by atoms with Crippen molar-refractivity contribution < 1.29 is 4.79 Å². The Balaban J connectivity index is 2.21. The molecule has 1 fully saturated rings. The van der Waals surface area contributed by atoms with Crippen LogP contribution in [0.5, 0.6) is 0 Å². The number of H-pyrrole nitrogens is 1. The van der Waals surface area contributed by atoms with Crippen LogP contribution in [0.2, 0.25) is 0 Å². The molecule has 1 aliphatic rings. The van der Waals surface area contributed by atoms with Crippen molar-refractivity contribution in [3.8, 4) is 0 Å². The number of nitrogens with one attached hydrogen (secondary N) is 1. The SMILES string of the molecule is CN1CCCN(c2cn[nH]c(=O)c2)CC1=O. The number of aromatic nitrogens is 2. The summed E-state index contributed by atoms with van der Waals surface area (Å²) in [4.78, 5) is 26.4. The lowest BCUT2D eigenvalue weighted by atomic mass is 10.3. The molecule has 1 aliphatic heterocycles. The highest BCUT2D eigenvalue weighted by Crippen LogP contribution is 2.12. The molecule has 0 saturated carbocycles. The van der Waals surface area contributed by atoms with Crippen LogP contribution in [0.15, 0.2) is 17.1 Å². The van der Waals surface area contributed by atoms with Crippen LogP contribution in [0.25, 0.3) is 0 Å². The van der Waals surface area contributed by atoms with E-state index >= 15 is 0 Å². The minimum Gasteiger partial charge on any atom is -0.361 e. The summed E-state index contributed by atoms with van der Waals surface area (Å²) in [6, 6.07) is 1.46. The number of carbonyl (C=O) groups is 1. The molecule has 1 saturated heterocycles. The molecule has 0 aromatic carbocycles. The van der Waals surface area contributed by atoms with Crippen LogP contribution in [0.3, 0.4) is 0 Å². The molecule has 0 atom stereocenters. The predicted molar refractivity (Wildman–Crippen MR) is 59.3 cm³/mol. The average molecular weight is 222 g/mol. The third-order valence-electron chi connectivity index (χ3n) is 2.69. The number of carbonyl (C=O) groups excluding carboxylic acids is 1. The lowest BCUT2D eigenvalue weighted by molar-refractivity contribution is -0.127. The zero-order valence-electron chi connectivity index (χ0n) is 9.14. The highest BCUT2D eigenvalue weighted by atomic mass is 16.2. The van der Waals surface area contributed by atoms with E-state index < -0.39 is 0 Å². The van der Waals surface area contributed by atoms with E-state index in [0.717, 1.165) is 19.5 Å². The standard InChI is InChI=1S/C10H14N4O2/c1-13-3-2-4-14(7-10(13)16)8-5-9(15)12-11-6-8/h5-6H,2-4,7H2,1H3,(H,12,15). The number of amides is 1. The molecule has 0 radical (unpaired) electrons. The average Bonchev–Trinajstić information content (AvgIpc) is 2.42. The zero-order chi connectivity index (χ0) is 11.5. The minimum absolute atomic E-state index is 0.0674. The van der Waals surface area contributed by atoms with Gasteiger partial charge in [0.25, 0.3) is 5.56 Å². The molecule has 0 bridgehead atoms. The molecule has 0 spiro atoms. The second-order valence-electron chi connectivity index (χ2n) is 3.89. The molecule has 6 nitrogen and oxygen atoms in total. The van der Waals surface area contributed by atoms with E-state index in [1.54, 1.807) is 18.1 Å². The van der Waals surface area contributed by atoms with Crippen molar-refractivity contribution in [1.82, 2.24) is 15.1 Å². The first-order valence-corrected chi connectivity index (χ1v) is 5.20. The largest absolute Gasteiger partial charge is 0.361 e. The first-order chi connectivity index (χ1) is 7.66. The van der Waals surface area contributed by atoms with Gasteiger partial charge >= 0.3 is 0 Å². The third kappa shape index (κ3) is 2.21. The van der Waals surface area contributed by atoms with Gasteiger partial charge in [-0.05, 0) is 6.42 Å². The van der Waals surface area contributed by atoms with Crippen molar-refractivity contribution in [2.24, 2.45) is 0 Å². The number of anilines is 1. The summed E-state index contributed by atoms with van der Waals surface area (Å²) in [5.41, 5.74) is 0.454. The second kappa shape index (κ2) is 4.34. The maximum Gasteiger partial charge on any atom is 0.266 e. The Labute approximate surface area is 92.9 Å². The van der Waals surface area contributed by atoms with E-state index in [9.17, 15) is 9.59 Å². The summed E-state index contributed by atoms with van der Waals surface area (Å²) in [5, 5.41) is 6.05. The smallest absolute Gasteiger partial charge is 0.266 e. The number of rotatable bonds is 1. The van der Waals surface area contributed by atoms with Gasteiger partial charge in [0.2, 0.25) is 5.91 Å².